The Morgan fingerprint density at radius 1 is 1.28 bits per heavy atom. The standard InChI is InChI=1S/C17H18Cl2N4O2/c1-25-17-14(19)9-12(10-21-17)22-16(24)11-4-7-23(8-5-11)15-13(18)3-2-6-20-15/h2-3,6,9-11H,4-5,7-8H2,1H3,(H,22,24). The highest BCUT2D eigenvalue weighted by Crippen LogP contribution is 2.29. The van der Waals surface area contributed by atoms with Gasteiger partial charge in [-0.3, -0.25) is 4.79 Å². The van der Waals surface area contributed by atoms with Gasteiger partial charge in [-0.1, -0.05) is 23.2 Å². The molecule has 2 aromatic heterocycles. The van der Waals surface area contributed by atoms with E-state index in [1.54, 1.807) is 18.3 Å². The summed E-state index contributed by atoms with van der Waals surface area (Å²) in [7, 11) is 1.49. The Kier molecular flexibility index (Phi) is 5.60. The number of anilines is 2. The van der Waals surface area contributed by atoms with Gasteiger partial charge in [0.15, 0.2) is 0 Å². The van der Waals surface area contributed by atoms with Crippen molar-refractivity contribution in [1.29, 1.82) is 0 Å². The molecule has 0 spiro atoms. The maximum Gasteiger partial charge on any atom is 0.232 e. The fourth-order valence-electron chi connectivity index (χ4n) is 2.85. The topological polar surface area (TPSA) is 67.3 Å². The summed E-state index contributed by atoms with van der Waals surface area (Å²) < 4.78 is 5.01. The number of rotatable bonds is 4. The molecule has 0 aromatic carbocycles. The highest BCUT2D eigenvalue weighted by Gasteiger charge is 2.26. The number of halogens is 2. The maximum absolute atomic E-state index is 12.5. The summed E-state index contributed by atoms with van der Waals surface area (Å²) in [6, 6.07) is 5.26. The third-order valence-corrected chi connectivity index (χ3v) is 4.74. The van der Waals surface area contributed by atoms with Crippen molar-refractivity contribution in [3.63, 3.8) is 0 Å². The fraction of sp³-hybridized carbons (Fsp3) is 0.353. The van der Waals surface area contributed by atoms with Crippen LogP contribution >= 0.6 is 23.2 Å². The third-order valence-electron chi connectivity index (χ3n) is 4.17. The molecule has 2 aromatic rings. The minimum Gasteiger partial charge on any atom is -0.480 e. The number of aromatic nitrogens is 2. The molecule has 6 nitrogen and oxygen atoms in total. The van der Waals surface area contributed by atoms with Crippen LogP contribution < -0.4 is 15.0 Å². The van der Waals surface area contributed by atoms with Crippen molar-refractivity contribution in [2.24, 2.45) is 5.92 Å². The minimum atomic E-state index is -0.0698. The van der Waals surface area contributed by atoms with E-state index in [0.717, 1.165) is 31.7 Å². The van der Waals surface area contributed by atoms with E-state index in [1.165, 1.54) is 13.3 Å². The van der Waals surface area contributed by atoms with Crippen LogP contribution in [-0.2, 0) is 4.79 Å². The maximum atomic E-state index is 12.5. The molecule has 1 aliphatic heterocycles. The molecule has 0 radical (unpaired) electrons. The SMILES string of the molecule is COc1ncc(NC(=O)C2CCN(c3ncccc3Cl)CC2)cc1Cl. The van der Waals surface area contributed by atoms with Crippen molar-refractivity contribution >= 4 is 40.6 Å². The molecule has 1 saturated heterocycles. The summed E-state index contributed by atoms with van der Waals surface area (Å²) in [5, 5.41) is 3.86. The van der Waals surface area contributed by atoms with Crippen molar-refractivity contribution in [2.45, 2.75) is 12.8 Å². The predicted octanol–water partition coefficient (Wildman–Crippen LogP) is 3.65. The van der Waals surface area contributed by atoms with Crippen molar-refractivity contribution in [2.75, 3.05) is 30.4 Å². The number of carbonyl (C=O) groups is 1. The van der Waals surface area contributed by atoms with Crippen LogP contribution in [0.1, 0.15) is 12.8 Å². The Bertz CT molecular complexity index is 764. The van der Waals surface area contributed by atoms with E-state index >= 15 is 0 Å². The highest BCUT2D eigenvalue weighted by atomic mass is 35.5. The molecule has 0 atom stereocenters. The van der Waals surface area contributed by atoms with Gasteiger partial charge in [-0.05, 0) is 31.0 Å². The zero-order valence-corrected chi connectivity index (χ0v) is 15.2. The number of piperidine rings is 1. The largest absolute Gasteiger partial charge is 0.480 e. The first-order chi connectivity index (χ1) is 12.1. The molecule has 0 unspecified atom stereocenters. The van der Waals surface area contributed by atoms with Crippen LogP contribution in [0.15, 0.2) is 30.6 Å². The Morgan fingerprint density at radius 2 is 2.04 bits per heavy atom. The van der Waals surface area contributed by atoms with Crippen molar-refractivity contribution in [3.8, 4) is 5.88 Å². The van der Waals surface area contributed by atoms with Crippen LogP contribution in [0.25, 0.3) is 0 Å². The van der Waals surface area contributed by atoms with Crippen molar-refractivity contribution < 1.29 is 9.53 Å². The molecule has 0 aliphatic carbocycles. The molecule has 1 aliphatic rings. The predicted molar refractivity (Wildman–Crippen MR) is 98.6 cm³/mol. The van der Waals surface area contributed by atoms with Crippen LogP contribution in [0.4, 0.5) is 11.5 Å². The lowest BCUT2D eigenvalue weighted by Gasteiger charge is -2.32. The second kappa shape index (κ2) is 7.89. The molecule has 3 rings (SSSR count). The molecular formula is C17H18Cl2N4O2. The molecule has 1 amide bonds. The highest BCUT2D eigenvalue weighted by molar-refractivity contribution is 6.33. The number of methoxy groups -OCH3 is 1. The second-order valence-electron chi connectivity index (χ2n) is 5.77. The van der Waals surface area contributed by atoms with E-state index in [2.05, 4.69) is 20.2 Å². The van der Waals surface area contributed by atoms with Gasteiger partial charge in [0.1, 0.15) is 10.8 Å². The number of amides is 1. The van der Waals surface area contributed by atoms with Gasteiger partial charge in [-0.25, -0.2) is 9.97 Å². The first-order valence-corrected chi connectivity index (χ1v) is 8.70. The monoisotopic (exact) mass is 380 g/mol. The molecule has 25 heavy (non-hydrogen) atoms. The van der Waals surface area contributed by atoms with Gasteiger partial charge >= 0.3 is 0 Å². The van der Waals surface area contributed by atoms with Gasteiger partial charge in [-0.15, -0.1) is 0 Å². The number of carbonyl (C=O) groups excluding carboxylic acids is 1. The molecular weight excluding hydrogens is 363 g/mol. The molecule has 132 valence electrons. The summed E-state index contributed by atoms with van der Waals surface area (Å²) in [5.74, 6) is 1.00. The molecule has 1 fully saturated rings. The van der Waals surface area contributed by atoms with Gasteiger partial charge in [-0.2, -0.15) is 0 Å². The first kappa shape index (κ1) is 17.8. The second-order valence-corrected chi connectivity index (χ2v) is 6.59. The molecule has 0 bridgehead atoms. The Labute approximate surface area is 156 Å². The third kappa shape index (κ3) is 4.14. The summed E-state index contributed by atoms with van der Waals surface area (Å²) >= 11 is 12.2. The number of nitrogens with one attached hydrogen (secondary N) is 1. The summed E-state index contributed by atoms with van der Waals surface area (Å²) in [6.07, 6.45) is 4.72. The number of ether oxygens (including phenoxy) is 1. The van der Waals surface area contributed by atoms with Crippen LogP contribution in [0.5, 0.6) is 5.88 Å². The summed E-state index contributed by atoms with van der Waals surface area (Å²) in [5.41, 5.74) is 0.561. The molecule has 1 N–H and O–H groups in total. The molecule has 0 saturated carbocycles. The average molecular weight is 381 g/mol. The number of pyridine rings is 2. The Hall–Kier alpha value is -2.05. The van der Waals surface area contributed by atoms with E-state index in [4.69, 9.17) is 27.9 Å². The Morgan fingerprint density at radius 3 is 2.68 bits per heavy atom. The van der Waals surface area contributed by atoms with Gasteiger partial charge in [0, 0.05) is 25.2 Å². The average Bonchev–Trinajstić information content (AvgIpc) is 2.62. The van der Waals surface area contributed by atoms with Crippen LogP contribution in [0.3, 0.4) is 0 Å². The normalized spacial score (nSPS) is 15.1. The van der Waals surface area contributed by atoms with Crippen molar-refractivity contribution in [1.82, 2.24) is 9.97 Å². The lowest BCUT2D eigenvalue weighted by molar-refractivity contribution is -0.120. The lowest BCUT2D eigenvalue weighted by Crippen LogP contribution is -2.38. The number of nitrogens with zero attached hydrogens (tertiary/aromatic N) is 3. The molecule has 3 heterocycles. The zero-order valence-electron chi connectivity index (χ0n) is 13.7. The van der Waals surface area contributed by atoms with E-state index in [1.807, 2.05) is 6.07 Å². The number of hydrogen-bond donors (Lipinski definition) is 1. The van der Waals surface area contributed by atoms with Crippen LogP contribution in [0.2, 0.25) is 10.0 Å². The first-order valence-electron chi connectivity index (χ1n) is 7.94. The van der Waals surface area contributed by atoms with Crippen LogP contribution in [-0.4, -0.2) is 36.1 Å². The quantitative estimate of drug-likeness (QED) is 0.876. The summed E-state index contributed by atoms with van der Waals surface area (Å²) in [6.45, 7) is 1.47. The van der Waals surface area contributed by atoms with E-state index in [9.17, 15) is 4.79 Å². The smallest absolute Gasteiger partial charge is 0.232 e. The molecule has 8 heteroatoms. The minimum absolute atomic E-state index is 0.0326. The van der Waals surface area contributed by atoms with E-state index in [-0.39, 0.29) is 11.8 Å². The summed E-state index contributed by atoms with van der Waals surface area (Å²) in [4.78, 5) is 23.0. The van der Waals surface area contributed by atoms with Crippen molar-refractivity contribution in [3.05, 3.63) is 40.6 Å². The van der Waals surface area contributed by atoms with Crippen LogP contribution in [0, 0.1) is 5.92 Å². The van der Waals surface area contributed by atoms with E-state index < -0.39 is 0 Å². The lowest BCUT2D eigenvalue weighted by atomic mass is 9.96. The van der Waals surface area contributed by atoms with Gasteiger partial charge in [0.25, 0.3) is 0 Å². The zero-order chi connectivity index (χ0) is 17.8. The van der Waals surface area contributed by atoms with Gasteiger partial charge in [0.2, 0.25) is 11.8 Å². The Balaban J connectivity index is 1.58. The van der Waals surface area contributed by atoms with Gasteiger partial charge < -0.3 is 15.0 Å². The van der Waals surface area contributed by atoms with E-state index in [0.29, 0.717) is 21.6 Å². The van der Waals surface area contributed by atoms with Gasteiger partial charge in [0.05, 0.1) is 24.0 Å². The number of hydrogen-bond acceptors (Lipinski definition) is 5. The fourth-order valence-corrected chi connectivity index (χ4v) is 3.34.